The fraction of sp³-hybridized carbons (Fsp3) is 0.500. The van der Waals surface area contributed by atoms with E-state index >= 15 is 0 Å². The summed E-state index contributed by atoms with van der Waals surface area (Å²) in [6, 6.07) is 6.94. The number of aliphatic carboxylic acids is 1. The molecule has 1 aliphatic carbocycles. The van der Waals surface area contributed by atoms with Gasteiger partial charge in [0.15, 0.2) is 0 Å². The number of benzene rings is 1. The van der Waals surface area contributed by atoms with Crippen molar-refractivity contribution in [3.63, 3.8) is 0 Å². The van der Waals surface area contributed by atoms with Crippen LogP contribution < -0.4 is 11.1 Å². The number of nitrogens with two attached hydrogens (primary N) is 1. The van der Waals surface area contributed by atoms with E-state index in [9.17, 15) is 14.7 Å². The van der Waals surface area contributed by atoms with Crippen molar-refractivity contribution in [3.05, 3.63) is 35.4 Å². The van der Waals surface area contributed by atoms with Crippen LogP contribution in [-0.2, 0) is 11.3 Å². The molecule has 1 saturated carbocycles. The summed E-state index contributed by atoms with van der Waals surface area (Å²) in [5.41, 5.74) is 5.81. The Morgan fingerprint density at radius 2 is 1.67 bits per heavy atom. The first-order valence-corrected chi connectivity index (χ1v) is 7.42. The van der Waals surface area contributed by atoms with Gasteiger partial charge in [0.25, 0.3) is 5.91 Å². The van der Waals surface area contributed by atoms with Gasteiger partial charge in [-0.05, 0) is 30.5 Å². The van der Waals surface area contributed by atoms with Crippen LogP contribution in [0.25, 0.3) is 0 Å². The number of hydrogen-bond donors (Lipinski definition) is 3. The minimum atomic E-state index is -1.12. The minimum absolute atomic E-state index is 0.331. The van der Waals surface area contributed by atoms with Crippen molar-refractivity contribution in [1.82, 2.24) is 5.32 Å². The van der Waals surface area contributed by atoms with E-state index in [4.69, 9.17) is 5.73 Å². The topological polar surface area (TPSA) is 92.4 Å². The highest BCUT2D eigenvalue weighted by Crippen LogP contribution is 2.28. The van der Waals surface area contributed by atoms with Gasteiger partial charge in [0.2, 0.25) is 0 Å². The standard InChI is InChI=1S/C16H22N2O3/c17-11-12-5-7-13(8-6-12)14(19)18-16(15(20)21)9-3-1-2-4-10-16/h5-8H,1-4,9-11,17H2,(H,18,19)(H,20,21). The Labute approximate surface area is 124 Å². The molecule has 114 valence electrons. The van der Waals surface area contributed by atoms with E-state index < -0.39 is 11.5 Å². The number of carboxylic acids is 1. The van der Waals surface area contributed by atoms with E-state index in [1.54, 1.807) is 24.3 Å². The van der Waals surface area contributed by atoms with Gasteiger partial charge in [0, 0.05) is 12.1 Å². The van der Waals surface area contributed by atoms with Crippen LogP contribution in [-0.4, -0.2) is 22.5 Å². The second-order valence-electron chi connectivity index (χ2n) is 5.66. The lowest BCUT2D eigenvalue weighted by atomic mass is 9.89. The monoisotopic (exact) mass is 290 g/mol. The second kappa shape index (κ2) is 6.72. The Bertz CT molecular complexity index is 503. The fourth-order valence-electron chi connectivity index (χ4n) is 2.81. The molecule has 0 bridgehead atoms. The third-order valence-electron chi connectivity index (χ3n) is 4.17. The van der Waals surface area contributed by atoms with Crippen molar-refractivity contribution in [2.75, 3.05) is 0 Å². The van der Waals surface area contributed by atoms with Gasteiger partial charge in [0.1, 0.15) is 5.54 Å². The molecule has 1 aromatic rings. The van der Waals surface area contributed by atoms with Gasteiger partial charge < -0.3 is 16.2 Å². The molecule has 1 aromatic carbocycles. The molecule has 1 aliphatic rings. The summed E-state index contributed by atoms with van der Waals surface area (Å²) in [5, 5.41) is 12.3. The zero-order valence-electron chi connectivity index (χ0n) is 12.1. The van der Waals surface area contributed by atoms with Gasteiger partial charge >= 0.3 is 5.97 Å². The van der Waals surface area contributed by atoms with E-state index in [2.05, 4.69) is 5.32 Å². The first-order chi connectivity index (χ1) is 10.1. The van der Waals surface area contributed by atoms with Gasteiger partial charge in [-0.15, -0.1) is 0 Å². The zero-order chi connectivity index (χ0) is 15.3. The maximum absolute atomic E-state index is 12.3. The van der Waals surface area contributed by atoms with Crippen molar-refractivity contribution in [3.8, 4) is 0 Å². The first-order valence-electron chi connectivity index (χ1n) is 7.42. The molecule has 0 aromatic heterocycles. The minimum Gasteiger partial charge on any atom is -0.480 e. The van der Waals surface area contributed by atoms with E-state index in [1.807, 2.05) is 0 Å². The number of amides is 1. The zero-order valence-corrected chi connectivity index (χ0v) is 12.1. The first kappa shape index (κ1) is 15.5. The van der Waals surface area contributed by atoms with Crippen LogP contribution in [0.2, 0.25) is 0 Å². The summed E-state index contributed by atoms with van der Waals surface area (Å²) >= 11 is 0. The highest BCUT2D eigenvalue weighted by atomic mass is 16.4. The molecule has 5 heteroatoms. The number of carboxylic acid groups (broad SMARTS) is 1. The molecule has 1 fully saturated rings. The van der Waals surface area contributed by atoms with Crippen molar-refractivity contribution in [2.24, 2.45) is 5.73 Å². The van der Waals surface area contributed by atoms with Gasteiger partial charge in [-0.1, -0.05) is 37.8 Å². The van der Waals surface area contributed by atoms with Crippen LogP contribution in [0.1, 0.15) is 54.4 Å². The SMILES string of the molecule is NCc1ccc(C(=O)NC2(C(=O)O)CCCCCC2)cc1. The Kier molecular flexibility index (Phi) is 4.96. The van der Waals surface area contributed by atoms with E-state index in [1.165, 1.54) is 0 Å². The summed E-state index contributed by atoms with van der Waals surface area (Å²) in [6.45, 7) is 0.418. The van der Waals surface area contributed by atoms with Crippen LogP contribution in [0, 0.1) is 0 Å². The van der Waals surface area contributed by atoms with Crippen molar-refractivity contribution in [1.29, 1.82) is 0 Å². The maximum Gasteiger partial charge on any atom is 0.329 e. The third kappa shape index (κ3) is 3.61. The number of carbonyl (C=O) groups is 2. The molecule has 0 heterocycles. The molecule has 0 spiro atoms. The van der Waals surface area contributed by atoms with E-state index in [0.29, 0.717) is 24.9 Å². The summed E-state index contributed by atoms with van der Waals surface area (Å²) in [6.07, 6.45) is 4.70. The smallest absolute Gasteiger partial charge is 0.329 e. The average Bonchev–Trinajstić information content (AvgIpc) is 2.74. The Morgan fingerprint density at radius 1 is 1.10 bits per heavy atom. The molecule has 21 heavy (non-hydrogen) atoms. The Morgan fingerprint density at radius 3 is 2.14 bits per heavy atom. The van der Waals surface area contributed by atoms with Crippen LogP contribution >= 0.6 is 0 Å². The summed E-state index contributed by atoms with van der Waals surface area (Å²) in [4.78, 5) is 24.0. The molecular formula is C16H22N2O3. The number of nitrogens with one attached hydrogen (secondary N) is 1. The molecule has 4 N–H and O–H groups in total. The van der Waals surface area contributed by atoms with Crippen molar-refractivity contribution < 1.29 is 14.7 Å². The quantitative estimate of drug-likeness (QED) is 0.740. The predicted octanol–water partition coefficient (Wildman–Crippen LogP) is 2.05. The molecule has 0 unspecified atom stereocenters. The Balaban J connectivity index is 2.15. The van der Waals surface area contributed by atoms with E-state index in [-0.39, 0.29) is 5.91 Å². The van der Waals surface area contributed by atoms with Crippen LogP contribution in [0.3, 0.4) is 0 Å². The number of hydrogen-bond acceptors (Lipinski definition) is 3. The number of carbonyl (C=O) groups excluding carboxylic acids is 1. The lowest BCUT2D eigenvalue weighted by Gasteiger charge is -2.29. The summed E-state index contributed by atoms with van der Waals surface area (Å²) < 4.78 is 0. The lowest BCUT2D eigenvalue weighted by molar-refractivity contribution is -0.145. The van der Waals surface area contributed by atoms with Crippen LogP contribution in [0.4, 0.5) is 0 Å². The molecule has 5 nitrogen and oxygen atoms in total. The van der Waals surface area contributed by atoms with Crippen molar-refractivity contribution in [2.45, 2.75) is 50.6 Å². The summed E-state index contributed by atoms with van der Waals surface area (Å²) in [7, 11) is 0. The highest BCUT2D eigenvalue weighted by molar-refractivity contribution is 5.97. The van der Waals surface area contributed by atoms with Crippen LogP contribution in [0.5, 0.6) is 0 Å². The van der Waals surface area contributed by atoms with E-state index in [0.717, 1.165) is 31.2 Å². The molecule has 2 rings (SSSR count). The maximum atomic E-state index is 12.3. The molecule has 0 aliphatic heterocycles. The molecule has 0 saturated heterocycles. The molecular weight excluding hydrogens is 268 g/mol. The largest absolute Gasteiger partial charge is 0.480 e. The fourth-order valence-corrected chi connectivity index (χ4v) is 2.81. The molecule has 0 radical (unpaired) electrons. The summed E-state index contributed by atoms with van der Waals surface area (Å²) in [5.74, 6) is -1.26. The number of rotatable bonds is 4. The normalized spacial score (nSPS) is 17.8. The average molecular weight is 290 g/mol. The van der Waals surface area contributed by atoms with Gasteiger partial charge in [-0.3, -0.25) is 4.79 Å². The van der Waals surface area contributed by atoms with Gasteiger partial charge in [-0.2, -0.15) is 0 Å². The highest BCUT2D eigenvalue weighted by Gasteiger charge is 2.40. The van der Waals surface area contributed by atoms with Gasteiger partial charge in [0.05, 0.1) is 0 Å². The molecule has 1 amide bonds. The van der Waals surface area contributed by atoms with Gasteiger partial charge in [-0.25, -0.2) is 4.79 Å². The second-order valence-corrected chi connectivity index (χ2v) is 5.66. The lowest BCUT2D eigenvalue weighted by Crippen LogP contribution is -2.54. The Hall–Kier alpha value is -1.88. The third-order valence-corrected chi connectivity index (χ3v) is 4.17. The van der Waals surface area contributed by atoms with Crippen molar-refractivity contribution >= 4 is 11.9 Å². The molecule has 0 atom stereocenters. The van der Waals surface area contributed by atoms with Crippen LogP contribution in [0.15, 0.2) is 24.3 Å². The predicted molar refractivity (Wildman–Crippen MR) is 79.9 cm³/mol.